The standard InChI is InChI=1S/C7H6O7S2.2Na.2H/c8-4-5-1-2-6(15(9,10)11)3-7(5)16(12,13)14;;;;/h1-4H,(H,9,10,11)(H,12,13,14);;;;. The number of hydrogen-bond donors (Lipinski definition) is 2. The maximum atomic E-state index is 10.8. The van der Waals surface area contributed by atoms with Gasteiger partial charge in [-0.1, -0.05) is 0 Å². The van der Waals surface area contributed by atoms with Crippen LogP contribution >= 0.6 is 0 Å². The van der Waals surface area contributed by atoms with E-state index in [1.165, 1.54) is 0 Å². The van der Waals surface area contributed by atoms with Crippen molar-refractivity contribution in [2.24, 2.45) is 0 Å². The van der Waals surface area contributed by atoms with Crippen molar-refractivity contribution in [3.05, 3.63) is 23.8 Å². The molecule has 2 N–H and O–H groups in total. The molecule has 7 nitrogen and oxygen atoms in total. The van der Waals surface area contributed by atoms with Gasteiger partial charge in [0.25, 0.3) is 20.2 Å². The van der Waals surface area contributed by atoms with Crippen molar-refractivity contribution in [1.29, 1.82) is 0 Å². The predicted octanol–water partition coefficient (Wildman–Crippen LogP) is -1.30. The summed E-state index contributed by atoms with van der Waals surface area (Å²) in [6.45, 7) is 0. The van der Waals surface area contributed by atoms with E-state index in [1.54, 1.807) is 0 Å². The molecule has 0 atom stereocenters. The van der Waals surface area contributed by atoms with Gasteiger partial charge in [0.15, 0.2) is 6.29 Å². The van der Waals surface area contributed by atoms with E-state index in [-0.39, 0.29) is 65.4 Å². The summed E-state index contributed by atoms with van der Waals surface area (Å²) in [6, 6.07) is 2.20. The van der Waals surface area contributed by atoms with E-state index < -0.39 is 35.6 Å². The van der Waals surface area contributed by atoms with E-state index in [2.05, 4.69) is 0 Å². The van der Waals surface area contributed by atoms with Crippen molar-refractivity contribution < 1.29 is 30.7 Å². The Morgan fingerprint density at radius 3 is 1.78 bits per heavy atom. The zero-order valence-corrected chi connectivity index (χ0v) is 9.19. The van der Waals surface area contributed by atoms with Gasteiger partial charge in [0, 0.05) is 5.56 Å². The number of rotatable bonds is 3. The summed E-state index contributed by atoms with van der Waals surface area (Å²) in [5.41, 5.74) is -0.407. The van der Waals surface area contributed by atoms with Gasteiger partial charge < -0.3 is 0 Å². The number of carbonyl (C=O) groups is 1. The summed E-state index contributed by atoms with van der Waals surface area (Å²) < 4.78 is 60.4. The Bertz CT molecular complexity index is 636. The van der Waals surface area contributed by atoms with E-state index >= 15 is 0 Å². The van der Waals surface area contributed by atoms with Crippen LogP contribution in [0.25, 0.3) is 0 Å². The van der Waals surface area contributed by atoms with Crippen LogP contribution < -0.4 is 0 Å². The van der Waals surface area contributed by atoms with Gasteiger partial charge in [-0.2, -0.15) is 16.8 Å². The molecule has 0 saturated heterocycles. The SMILES string of the molecule is O=Cc1ccc(S(=O)(=O)O)cc1S(=O)(=O)O.[NaH].[NaH]. The van der Waals surface area contributed by atoms with Gasteiger partial charge in [-0.15, -0.1) is 0 Å². The molecule has 0 bridgehead atoms. The third-order valence-corrected chi connectivity index (χ3v) is 3.45. The Hall–Kier alpha value is 0.710. The molecule has 0 aliphatic heterocycles. The third-order valence-electron chi connectivity index (χ3n) is 1.69. The molecular formula is C7H8Na2O7S2. The van der Waals surface area contributed by atoms with E-state index in [4.69, 9.17) is 9.11 Å². The molecule has 0 radical (unpaired) electrons. The van der Waals surface area contributed by atoms with E-state index in [0.29, 0.717) is 6.07 Å². The Kier molecular flexibility index (Phi) is 8.73. The van der Waals surface area contributed by atoms with Crippen LogP contribution in [0.4, 0.5) is 0 Å². The number of hydrogen-bond acceptors (Lipinski definition) is 5. The van der Waals surface area contributed by atoms with Gasteiger partial charge in [-0.25, -0.2) is 0 Å². The average molecular weight is 314 g/mol. The first-order valence-corrected chi connectivity index (χ1v) is 6.58. The predicted molar refractivity (Wildman–Crippen MR) is 65.8 cm³/mol. The minimum absolute atomic E-state index is 0. The van der Waals surface area contributed by atoms with Crippen LogP contribution in [0.5, 0.6) is 0 Å². The normalized spacial score (nSPS) is 11.0. The number of benzene rings is 1. The molecule has 0 heterocycles. The fourth-order valence-corrected chi connectivity index (χ4v) is 2.27. The summed E-state index contributed by atoms with van der Waals surface area (Å²) in [6.07, 6.45) is 0.136. The van der Waals surface area contributed by atoms with Crippen molar-refractivity contribution in [3.8, 4) is 0 Å². The van der Waals surface area contributed by atoms with Crippen molar-refractivity contribution in [3.63, 3.8) is 0 Å². The Labute approximate surface area is 148 Å². The second kappa shape index (κ2) is 7.48. The van der Waals surface area contributed by atoms with Crippen LogP contribution in [0, 0.1) is 0 Å². The van der Waals surface area contributed by atoms with E-state index in [1.807, 2.05) is 0 Å². The van der Waals surface area contributed by atoms with Crippen LogP contribution in [0.15, 0.2) is 28.0 Å². The van der Waals surface area contributed by atoms with E-state index in [0.717, 1.165) is 12.1 Å². The maximum absolute atomic E-state index is 10.8. The van der Waals surface area contributed by atoms with Crippen molar-refractivity contribution >= 4 is 85.6 Å². The van der Waals surface area contributed by atoms with Gasteiger partial charge in [-0.3, -0.25) is 13.9 Å². The Balaban J connectivity index is 0. The summed E-state index contributed by atoms with van der Waals surface area (Å²) in [4.78, 5) is 8.84. The number of aldehydes is 1. The third kappa shape index (κ3) is 5.37. The first kappa shape index (κ1) is 21.0. The Morgan fingerprint density at radius 2 is 1.44 bits per heavy atom. The molecule has 0 saturated carbocycles. The van der Waals surface area contributed by atoms with Gasteiger partial charge in [0.1, 0.15) is 4.90 Å². The molecule has 1 rings (SSSR count). The summed E-state index contributed by atoms with van der Waals surface area (Å²) in [5, 5.41) is 0. The van der Waals surface area contributed by atoms with Crippen LogP contribution in [0.3, 0.4) is 0 Å². The molecule has 1 aromatic rings. The van der Waals surface area contributed by atoms with Gasteiger partial charge in [0.2, 0.25) is 0 Å². The van der Waals surface area contributed by atoms with Crippen LogP contribution in [0.2, 0.25) is 0 Å². The molecule has 0 aliphatic rings. The molecule has 0 unspecified atom stereocenters. The molecule has 0 spiro atoms. The fraction of sp³-hybridized carbons (Fsp3) is 0. The molecule has 0 aromatic heterocycles. The fourth-order valence-electron chi connectivity index (χ4n) is 0.996. The van der Waals surface area contributed by atoms with Gasteiger partial charge in [0.05, 0.1) is 4.90 Å². The van der Waals surface area contributed by atoms with Crippen molar-refractivity contribution in [2.75, 3.05) is 0 Å². The summed E-state index contributed by atoms with van der Waals surface area (Å²) in [7, 11) is -9.34. The summed E-state index contributed by atoms with van der Waals surface area (Å²) >= 11 is 0. The summed E-state index contributed by atoms with van der Waals surface area (Å²) in [5.74, 6) is 0. The first-order chi connectivity index (χ1) is 7.16. The number of carbonyl (C=O) groups excluding carboxylic acids is 1. The second-order valence-electron chi connectivity index (χ2n) is 2.77. The van der Waals surface area contributed by atoms with Gasteiger partial charge >= 0.3 is 59.1 Å². The quantitative estimate of drug-likeness (QED) is 0.403. The first-order valence-electron chi connectivity index (χ1n) is 3.70. The van der Waals surface area contributed by atoms with Crippen LogP contribution in [0.1, 0.15) is 10.4 Å². The molecule has 0 amide bonds. The zero-order valence-electron chi connectivity index (χ0n) is 7.56. The monoisotopic (exact) mass is 314 g/mol. The molecule has 18 heavy (non-hydrogen) atoms. The minimum atomic E-state index is -4.74. The average Bonchev–Trinajstić information content (AvgIpc) is 2.14. The molecule has 11 heteroatoms. The Morgan fingerprint density at radius 1 is 0.944 bits per heavy atom. The molecular weight excluding hydrogens is 306 g/mol. The van der Waals surface area contributed by atoms with Crippen LogP contribution in [-0.2, 0) is 20.2 Å². The second-order valence-corrected chi connectivity index (χ2v) is 5.58. The van der Waals surface area contributed by atoms with Crippen molar-refractivity contribution in [2.45, 2.75) is 9.79 Å². The molecule has 92 valence electrons. The molecule has 1 aromatic carbocycles. The zero-order chi connectivity index (χ0) is 12.6. The van der Waals surface area contributed by atoms with Gasteiger partial charge in [-0.05, 0) is 18.2 Å². The van der Waals surface area contributed by atoms with Crippen molar-refractivity contribution in [1.82, 2.24) is 0 Å². The molecule has 0 aliphatic carbocycles. The van der Waals surface area contributed by atoms with Crippen LogP contribution in [-0.4, -0.2) is 91.3 Å². The topological polar surface area (TPSA) is 126 Å². The van der Waals surface area contributed by atoms with E-state index in [9.17, 15) is 21.6 Å². The molecule has 0 fully saturated rings.